The van der Waals surface area contributed by atoms with Crippen LogP contribution >= 0.6 is 0 Å². The molecule has 5 nitrogen and oxygen atoms in total. The molecule has 0 saturated carbocycles. The van der Waals surface area contributed by atoms with Gasteiger partial charge in [-0.15, -0.1) is 0 Å². The Balaban J connectivity index is 2.68. The molecular weight excluding hydrogens is 277 g/mol. The van der Waals surface area contributed by atoms with Crippen LogP contribution in [-0.4, -0.2) is 35.5 Å². The third-order valence-electron chi connectivity index (χ3n) is 2.61. The maximum atomic E-state index is 12.6. The van der Waals surface area contributed by atoms with Gasteiger partial charge in [0.15, 0.2) is 5.84 Å². The molecule has 1 unspecified atom stereocenters. The lowest BCUT2D eigenvalue weighted by molar-refractivity contribution is -0.162. The number of benzene rings is 1. The highest BCUT2D eigenvalue weighted by molar-refractivity contribution is 5.83. The van der Waals surface area contributed by atoms with Crippen LogP contribution in [0.25, 0.3) is 0 Å². The fourth-order valence-electron chi connectivity index (χ4n) is 1.48. The fourth-order valence-corrected chi connectivity index (χ4v) is 1.48. The highest BCUT2D eigenvalue weighted by atomic mass is 19.4. The summed E-state index contributed by atoms with van der Waals surface area (Å²) in [6.45, 7) is -0.793. The molecule has 0 aromatic heterocycles. The molecule has 8 heteroatoms. The average Bonchev–Trinajstić information content (AvgIpc) is 2.39. The zero-order chi connectivity index (χ0) is 15.2. The third kappa shape index (κ3) is 4.61. The Morgan fingerprint density at radius 3 is 2.35 bits per heavy atom. The number of rotatable bonds is 6. The van der Waals surface area contributed by atoms with Crippen LogP contribution in [0.3, 0.4) is 0 Å². The van der Waals surface area contributed by atoms with E-state index < -0.39 is 24.5 Å². The van der Waals surface area contributed by atoms with Crippen molar-refractivity contribution in [3.8, 4) is 5.75 Å². The molecule has 0 spiro atoms. The second kappa shape index (κ2) is 6.99. The van der Waals surface area contributed by atoms with Gasteiger partial charge in [-0.1, -0.05) is 17.3 Å². The second-order valence-corrected chi connectivity index (χ2v) is 4.05. The summed E-state index contributed by atoms with van der Waals surface area (Å²) in [7, 11) is 0. The van der Waals surface area contributed by atoms with E-state index in [1.807, 2.05) is 0 Å². The van der Waals surface area contributed by atoms with Gasteiger partial charge in [-0.2, -0.15) is 13.2 Å². The van der Waals surface area contributed by atoms with Gasteiger partial charge in [0.2, 0.25) is 0 Å². The molecule has 1 aromatic rings. The lowest BCUT2D eigenvalue weighted by Crippen LogP contribution is -2.40. The van der Waals surface area contributed by atoms with E-state index in [2.05, 4.69) is 5.16 Å². The third-order valence-corrected chi connectivity index (χ3v) is 2.61. The minimum atomic E-state index is -4.66. The first-order chi connectivity index (χ1) is 9.38. The van der Waals surface area contributed by atoms with E-state index >= 15 is 0 Å². The SMILES string of the molecule is N/C(=N/O)C(COc1ccc(CCO)cc1)C(F)(F)F. The summed E-state index contributed by atoms with van der Waals surface area (Å²) >= 11 is 0. The Labute approximate surface area is 113 Å². The summed E-state index contributed by atoms with van der Waals surface area (Å²) in [5.74, 6) is -2.90. The molecule has 0 aliphatic rings. The molecule has 1 rings (SSSR count). The molecule has 4 N–H and O–H groups in total. The van der Waals surface area contributed by atoms with Crippen molar-refractivity contribution in [1.29, 1.82) is 0 Å². The number of nitrogens with zero attached hydrogens (tertiary/aromatic N) is 1. The monoisotopic (exact) mass is 292 g/mol. The predicted molar refractivity (Wildman–Crippen MR) is 65.7 cm³/mol. The number of halogens is 3. The summed E-state index contributed by atoms with van der Waals surface area (Å²) in [5.41, 5.74) is 5.84. The van der Waals surface area contributed by atoms with Crippen LogP contribution in [0.4, 0.5) is 13.2 Å². The summed E-state index contributed by atoms with van der Waals surface area (Å²) in [6.07, 6.45) is -4.21. The van der Waals surface area contributed by atoms with Crippen LogP contribution in [0.1, 0.15) is 5.56 Å². The molecule has 0 fully saturated rings. The molecule has 0 heterocycles. The van der Waals surface area contributed by atoms with Crippen molar-refractivity contribution in [2.45, 2.75) is 12.6 Å². The summed E-state index contributed by atoms with van der Waals surface area (Å²) in [4.78, 5) is 0. The molecule has 1 atom stereocenters. The minimum absolute atomic E-state index is 0.0140. The molecular formula is C12H15F3N2O3. The fraction of sp³-hybridized carbons (Fsp3) is 0.417. The molecule has 0 aliphatic heterocycles. The minimum Gasteiger partial charge on any atom is -0.492 e. The Kier molecular flexibility index (Phi) is 5.63. The maximum absolute atomic E-state index is 12.6. The van der Waals surface area contributed by atoms with Gasteiger partial charge in [0, 0.05) is 6.61 Å². The number of hydrogen-bond acceptors (Lipinski definition) is 4. The van der Waals surface area contributed by atoms with Gasteiger partial charge in [0.05, 0.1) is 0 Å². The van der Waals surface area contributed by atoms with Crippen LogP contribution in [-0.2, 0) is 6.42 Å². The van der Waals surface area contributed by atoms with Crippen molar-refractivity contribution in [3.05, 3.63) is 29.8 Å². The number of ether oxygens (including phenoxy) is 1. The molecule has 0 amide bonds. The topological polar surface area (TPSA) is 88.1 Å². The van der Waals surface area contributed by atoms with Gasteiger partial charge < -0.3 is 20.8 Å². The quantitative estimate of drug-likeness (QED) is 0.321. The first-order valence-corrected chi connectivity index (χ1v) is 5.75. The number of oxime groups is 1. The Hall–Kier alpha value is -1.96. The predicted octanol–water partition coefficient (Wildman–Crippen LogP) is 1.53. The van der Waals surface area contributed by atoms with Crippen molar-refractivity contribution in [3.63, 3.8) is 0 Å². The zero-order valence-electron chi connectivity index (χ0n) is 10.5. The highest BCUT2D eigenvalue weighted by Crippen LogP contribution is 2.27. The van der Waals surface area contributed by atoms with E-state index in [1.165, 1.54) is 12.1 Å². The second-order valence-electron chi connectivity index (χ2n) is 4.05. The van der Waals surface area contributed by atoms with Crippen molar-refractivity contribution in [2.24, 2.45) is 16.8 Å². The lowest BCUT2D eigenvalue weighted by Gasteiger charge is -2.19. The van der Waals surface area contributed by atoms with E-state index in [-0.39, 0.29) is 12.4 Å². The van der Waals surface area contributed by atoms with Gasteiger partial charge in [-0.25, -0.2) is 0 Å². The largest absolute Gasteiger partial charge is 0.492 e. The normalized spacial score (nSPS) is 14.1. The van der Waals surface area contributed by atoms with Gasteiger partial charge in [0.25, 0.3) is 0 Å². The van der Waals surface area contributed by atoms with E-state index in [4.69, 9.17) is 20.8 Å². The molecule has 20 heavy (non-hydrogen) atoms. The number of amidine groups is 1. The van der Waals surface area contributed by atoms with Crippen LogP contribution < -0.4 is 10.5 Å². The molecule has 0 saturated heterocycles. The first kappa shape index (κ1) is 16.1. The smallest absolute Gasteiger partial charge is 0.402 e. The Bertz CT molecular complexity index is 446. The number of hydrogen-bond donors (Lipinski definition) is 3. The van der Waals surface area contributed by atoms with Crippen LogP contribution in [0.2, 0.25) is 0 Å². The van der Waals surface area contributed by atoms with Gasteiger partial charge in [-0.3, -0.25) is 0 Å². The summed E-state index contributed by atoms with van der Waals surface area (Å²) < 4.78 is 42.9. The standard InChI is InChI=1S/C12H15F3N2O3/c13-12(14,15)10(11(16)17-19)7-20-9-3-1-8(2-4-9)5-6-18/h1-4,10,18-19H,5-7H2,(H2,16,17). The molecule has 112 valence electrons. The zero-order valence-corrected chi connectivity index (χ0v) is 10.5. The van der Waals surface area contributed by atoms with Crippen molar-refractivity contribution < 1.29 is 28.2 Å². The molecule has 0 aliphatic carbocycles. The van der Waals surface area contributed by atoms with E-state index in [0.717, 1.165) is 5.56 Å². The number of aliphatic hydroxyl groups excluding tert-OH is 1. The maximum Gasteiger partial charge on any atom is 0.402 e. The molecule has 1 aromatic carbocycles. The van der Waals surface area contributed by atoms with Gasteiger partial charge in [0.1, 0.15) is 18.3 Å². The molecule has 0 bridgehead atoms. The van der Waals surface area contributed by atoms with Crippen LogP contribution in [0, 0.1) is 5.92 Å². The van der Waals surface area contributed by atoms with Crippen molar-refractivity contribution in [1.82, 2.24) is 0 Å². The molecule has 0 radical (unpaired) electrons. The van der Waals surface area contributed by atoms with E-state index in [0.29, 0.717) is 6.42 Å². The Morgan fingerprint density at radius 1 is 1.30 bits per heavy atom. The van der Waals surface area contributed by atoms with Crippen molar-refractivity contribution >= 4 is 5.84 Å². The number of alkyl halides is 3. The van der Waals surface area contributed by atoms with E-state index in [1.54, 1.807) is 12.1 Å². The summed E-state index contributed by atoms with van der Waals surface area (Å²) in [5, 5.41) is 19.5. The van der Waals surface area contributed by atoms with Crippen LogP contribution in [0.15, 0.2) is 29.4 Å². The first-order valence-electron chi connectivity index (χ1n) is 5.75. The summed E-state index contributed by atoms with van der Waals surface area (Å²) in [6, 6.07) is 6.25. The van der Waals surface area contributed by atoms with E-state index in [9.17, 15) is 13.2 Å². The lowest BCUT2D eigenvalue weighted by atomic mass is 10.1. The Morgan fingerprint density at radius 2 is 1.90 bits per heavy atom. The number of aliphatic hydroxyl groups is 1. The van der Waals surface area contributed by atoms with Gasteiger partial charge >= 0.3 is 6.18 Å². The number of nitrogens with two attached hydrogens (primary N) is 1. The van der Waals surface area contributed by atoms with Gasteiger partial charge in [-0.05, 0) is 24.1 Å². The van der Waals surface area contributed by atoms with Crippen molar-refractivity contribution in [2.75, 3.05) is 13.2 Å². The van der Waals surface area contributed by atoms with Crippen LogP contribution in [0.5, 0.6) is 5.75 Å². The average molecular weight is 292 g/mol. The highest BCUT2D eigenvalue weighted by Gasteiger charge is 2.43.